The third-order valence-corrected chi connectivity index (χ3v) is 1.90. The number of aryl methyl sites for hydroxylation is 1. The van der Waals surface area contributed by atoms with Crippen molar-refractivity contribution in [1.82, 2.24) is 14.5 Å². The molecule has 5 heteroatoms. The Morgan fingerprint density at radius 2 is 2.21 bits per heavy atom. The predicted molar refractivity (Wildman–Crippen MR) is 53.0 cm³/mol. The van der Waals surface area contributed by atoms with E-state index >= 15 is 0 Å². The van der Waals surface area contributed by atoms with Gasteiger partial charge >= 0.3 is 5.69 Å². The molecular weight excluding hydrogens is 182 g/mol. The molecule has 0 bridgehead atoms. The van der Waals surface area contributed by atoms with Crippen LogP contribution in [0.3, 0.4) is 0 Å². The van der Waals surface area contributed by atoms with Gasteiger partial charge in [-0.1, -0.05) is 6.92 Å². The van der Waals surface area contributed by atoms with E-state index in [-0.39, 0.29) is 18.1 Å². The molecule has 0 atom stereocenters. The van der Waals surface area contributed by atoms with E-state index in [2.05, 4.69) is 5.32 Å². The number of nitrogens with one attached hydrogen (secondary N) is 1. The molecule has 0 aliphatic carbocycles. The number of carbonyl (C=O) groups excluding carboxylic acids is 1. The van der Waals surface area contributed by atoms with Gasteiger partial charge in [0.1, 0.15) is 6.54 Å². The van der Waals surface area contributed by atoms with Crippen LogP contribution in [0.2, 0.25) is 0 Å². The summed E-state index contributed by atoms with van der Waals surface area (Å²) in [7, 11) is 1.66. The van der Waals surface area contributed by atoms with E-state index in [1.807, 2.05) is 6.92 Å². The zero-order valence-electron chi connectivity index (χ0n) is 8.49. The minimum atomic E-state index is -0.170. The van der Waals surface area contributed by atoms with Gasteiger partial charge in [0.05, 0.1) is 0 Å². The highest BCUT2D eigenvalue weighted by atomic mass is 16.2. The van der Waals surface area contributed by atoms with Crippen molar-refractivity contribution in [3.05, 3.63) is 22.9 Å². The number of imidazole rings is 1. The van der Waals surface area contributed by atoms with Gasteiger partial charge in [0.15, 0.2) is 0 Å². The zero-order valence-corrected chi connectivity index (χ0v) is 8.49. The first kappa shape index (κ1) is 10.6. The molecule has 1 rings (SSSR count). The normalized spacial score (nSPS) is 10.1. The summed E-state index contributed by atoms with van der Waals surface area (Å²) < 4.78 is 2.82. The summed E-state index contributed by atoms with van der Waals surface area (Å²) in [5.74, 6) is -0.125. The summed E-state index contributed by atoms with van der Waals surface area (Å²) in [5.41, 5.74) is -0.170. The van der Waals surface area contributed by atoms with E-state index in [0.717, 1.165) is 6.42 Å². The fourth-order valence-corrected chi connectivity index (χ4v) is 1.11. The molecule has 14 heavy (non-hydrogen) atoms. The highest BCUT2D eigenvalue weighted by Crippen LogP contribution is 1.82. The van der Waals surface area contributed by atoms with E-state index < -0.39 is 0 Å². The van der Waals surface area contributed by atoms with Crippen LogP contribution in [0.25, 0.3) is 0 Å². The molecule has 1 aromatic rings. The highest BCUT2D eigenvalue weighted by Gasteiger charge is 2.04. The Kier molecular flexibility index (Phi) is 3.50. The summed E-state index contributed by atoms with van der Waals surface area (Å²) in [6.45, 7) is 2.73. The first-order chi connectivity index (χ1) is 6.65. The molecule has 0 radical (unpaired) electrons. The highest BCUT2D eigenvalue weighted by molar-refractivity contribution is 5.75. The third kappa shape index (κ3) is 2.48. The lowest BCUT2D eigenvalue weighted by Gasteiger charge is -2.02. The van der Waals surface area contributed by atoms with Crippen LogP contribution in [0.1, 0.15) is 13.3 Å². The van der Waals surface area contributed by atoms with Crippen molar-refractivity contribution in [3.63, 3.8) is 0 Å². The molecule has 0 saturated carbocycles. The van der Waals surface area contributed by atoms with E-state index in [0.29, 0.717) is 6.54 Å². The minimum Gasteiger partial charge on any atom is -0.355 e. The summed E-state index contributed by atoms with van der Waals surface area (Å²) >= 11 is 0. The van der Waals surface area contributed by atoms with Gasteiger partial charge < -0.3 is 9.88 Å². The second-order valence-electron chi connectivity index (χ2n) is 3.17. The van der Waals surface area contributed by atoms with Gasteiger partial charge in [0.25, 0.3) is 0 Å². The summed E-state index contributed by atoms with van der Waals surface area (Å²) in [5, 5.41) is 2.71. The second-order valence-corrected chi connectivity index (χ2v) is 3.17. The average molecular weight is 197 g/mol. The molecule has 78 valence electrons. The number of aromatic nitrogens is 2. The van der Waals surface area contributed by atoms with Gasteiger partial charge in [-0.05, 0) is 6.42 Å². The quantitative estimate of drug-likeness (QED) is 0.721. The largest absolute Gasteiger partial charge is 0.355 e. The summed E-state index contributed by atoms with van der Waals surface area (Å²) in [6, 6.07) is 0. The van der Waals surface area contributed by atoms with Crippen molar-refractivity contribution >= 4 is 5.91 Å². The molecule has 0 aromatic carbocycles. The van der Waals surface area contributed by atoms with Gasteiger partial charge in [-0.15, -0.1) is 0 Å². The molecule has 0 aliphatic heterocycles. The van der Waals surface area contributed by atoms with Crippen LogP contribution < -0.4 is 11.0 Å². The molecule has 0 spiro atoms. The maximum Gasteiger partial charge on any atom is 0.328 e. The van der Waals surface area contributed by atoms with Crippen LogP contribution >= 0.6 is 0 Å². The van der Waals surface area contributed by atoms with Gasteiger partial charge in [-0.25, -0.2) is 4.79 Å². The SMILES string of the molecule is CCCNC(=O)Cn1ccn(C)c1=O. The molecule has 1 aromatic heterocycles. The van der Waals surface area contributed by atoms with Crippen molar-refractivity contribution in [1.29, 1.82) is 0 Å². The summed E-state index contributed by atoms with van der Waals surface area (Å²) in [4.78, 5) is 22.6. The zero-order chi connectivity index (χ0) is 10.6. The van der Waals surface area contributed by atoms with Gasteiger partial charge in [0.2, 0.25) is 5.91 Å². The molecule has 1 N–H and O–H groups in total. The molecule has 0 unspecified atom stereocenters. The lowest BCUT2D eigenvalue weighted by atomic mass is 10.4. The van der Waals surface area contributed by atoms with Crippen LogP contribution in [0.15, 0.2) is 17.2 Å². The van der Waals surface area contributed by atoms with Gasteiger partial charge in [-0.2, -0.15) is 0 Å². The number of nitrogens with zero attached hydrogens (tertiary/aromatic N) is 2. The lowest BCUT2D eigenvalue weighted by molar-refractivity contribution is -0.121. The number of hydrogen-bond acceptors (Lipinski definition) is 2. The molecule has 1 heterocycles. The van der Waals surface area contributed by atoms with Crippen LogP contribution in [-0.2, 0) is 18.4 Å². The van der Waals surface area contributed by atoms with Crippen LogP contribution in [0.5, 0.6) is 0 Å². The van der Waals surface area contributed by atoms with Crippen molar-refractivity contribution in [2.75, 3.05) is 6.54 Å². The fourth-order valence-electron chi connectivity index (χ4n) is 1.11. The van der Waals surface area contributed by atoms with E-state index in [1.54, 1.807) is 19.4 Å². The first-order valence-electron chi connectivity index (χ1n) is 4.63. The predicted octanol–water partition coefficient (Wildman–Crippen LogP) is -0.287. The van der Waals surface area contributed by atoms with E-state index in [1.165, 1.54) is 9.13 Å². The molecule has 0 fully saturated rings. The molecule has 5 nitrogen and oxygen atoms in total. The maximum absolute atomic E-state index is 11.3. The molecular formula is C9H15N3O2. The Balaban J connectivity index is 2.56. The fraction of sp³-hybridized carbons (Fsp3) is 0.556. The van der Waals surface area contributed by atoms with Gasteiger partial charge in [-0.3, -0.25) is 9.36 Å². The van der Waals surface area contributed by atoms with E-state index in [9.17, 15) is 9.59 Å². The molecule has 1 amide bonds. The smallest absolute Gasteiger partial charge is 0.328 e. The molecule has 0 aliphatic rings. The monoisotopic (exact) mass is 197 g/mol. The number of carbonyl (C=O) groups is 1. The maximum atomic E-state index is 11.3. The minimum absolute atomic E-state index is 0.0969. The van der Waals surface area contributed by atoms with Crippen molar-refractivity contribution < 1.29 is 4.79 Å². The van der Waals surface area contributed by atoms with Crippen molar-refractivity contribution in [2.24, 2.45) is 7.05 Å². The Morgan fingerprint density at radius 3 is 2.71 bits per heavy atom. The van der Waals surface area contributed by atoms with E-state index in [4.69, 9.17) is 0 Å². The Hall–Kier alpha value is -1.52. The number of hydrogen-bond donors (Lipinski definition) is 1. The number of rotatable bonds is 4. The van der Waals surface area contributed by atoms with Crippen LogP contribution in [0, 0.1) is 0 Å². The summed E-state index contributed by atoms with van der Waals surface area (Å²) in [6.07, 6.45) is 4.14. The lowest BCUT2D eigenvalue weighted by Crippen LogP contribution is -2.32. The van der Waals surface area contributed by atoms with Crippen molar-refractivity contribution in [2.45, 2.75) is 19.9 Å². The number of amides is 1. The Morgan fingerprint density at radius 1 is 1.50 bits per heavy atom. The first-order valence-corrected chi connectivity index (χ1v) is 4.63. The Labute approximate surface area is 82.3 Å². The van der Waals surface area contributed by atoms with Crippen molar-refractivity contribution in [3.8, 4) is 0 Å². The Bertz CT molecular complexity index is 364. The second kappa shape index (κ2) is 4.64. The topological polar surface area (TPSA) is 56.0 Å². The van der Waals surface area contributed by atoms with Crippen LogP contribution in [0.4, 0.5) is 0 Å². The third-order valence-electron chi connectivity index (χ3n) is 1.90. The average Bonchev–Trinajstić information content (AvgIpc) is 2.46. The van der Waals surface area contributed by atoms with Gasteiger partial charge in [0, 0.05) is 26.0 Å². The van der Waals surface area contributed by atoms with Crippen LogP contribution in [-0.4, -0.2) is 21.6 Å². The standard InChI is InChI=1S/C9H15N3O2/c1-3-4-10-8(13)7-12-6-5-11(2)9(12)14/h5-6H,3-4,7H2,1-2H3,(H,10,13). The molecule has 0 saturated heterocycles.